The first-order chi connectivity index (χ1) is 6.56. The minimum Gasteiger partial charge on any atom is -0.378 e. The van der Waals surface area contributed by atoms with Gasteiger partial charge in [-0.1, -0.05) is 20.8 Å². The Morgan fingerprint density at radius 1 is 1.29 bits per heavy atom. The zero-order valence-electron chi connectivity index (χ0n) is 10.0. The Hall–Kier alpha value is -0.370. The minimum atomic E-state index is 0.326. The first kappa shape index (κ1) is 13.6. The van der Waals surface area contributed by atoms with Crippen LogP contribution in [-0.4, -0.2) is 18.5 Å². The van der Waals surface area contributed by atoms with E-state index in [0.717, 1.165) is 19.4 Å². The van der Waals surface area contributed by atoms with Gasteiger partial charge in [-0.3, -0.25) is 4.79 Å². The molecule has 0 spiro atoms. The van der Waals surface area contributed by atoms with Crippen LogP contribution in [0.1, 0.15) is 53.4 Å². The summed E-state index contributed by atoms with van der Waals surface area (Å²) in [4.78, 5) is 11.0. The Morgan fingerprint density at radius 3 is 2.43 bits per heavy atom. The molecule has 2 heteroatoms. The molecule has 0 rings (SSSR count). The van der Waals surface area contributed by atoms with E-state index in [1.807, 2.05) is 6.92 Å². The third-order valence-corrected chi connectivity index (χ3v) is 2.20. The first-order valence-electron chi connectivity index (χ1n) is 5.69. The lowest BCUT2D eigenvalue weighted by Gasteiger charge is -2.14. The molecule has 0 aliphatic carbocycles. The van der Waals surface area contributed by atoms with Gasteiger partial charge in [-0.05, 0) is 25.7 Å². The van der Waals surface area contributed by atoms with E-state index in [4.69, 9.17) is 4.74 Å². The van der Waals surface area contributed by atoms with Gasteiger partial charge in [-0.15, -0.1) is 0 Å². The van der Waals surface area contributed by atoms with E-state index in [2.05, 4.69) is 20.8 Å². The molecule has 1 atom stereocenters. The van der Waals surface area contributed by atoms with Crippen molar-refractivity contribution in [1.29, 1.82) is 0 Å². The first-order valence-corrected chi connectivity index (χ1v) is 5.69. The van der Waals surface area contributed by atoms with Crippen molar-refractivity contribution in [2.75, 3.05) is 6.61 Å². The lowest BCUT2D eigenvalue weighted by atomic mass is 10.1. The van der Waals surface area contributed by atoms with Crippen LogP contribution in [0.4, 0.5) is 0 Å². The minimum absolute atomic E-state index is 0.326. The van der Waals surface area contributed by atoms with Crippen LogP contribution < -0.4 is 0 Å². The van der Waals surface area contributed by atoms with Gasteiger partial charge < -0.3 is 4.74 Å². The molecule has 14 heavy (non-hydrogen) atoms. The van der Waals surface area contributed by atoms with Crippen LogP contribution in [0, 0.1) is 5.92 Å². The molecule has 0 radical (unpaired) electrons. The molecule has 0 aromatic rings. The number of hydrogen-bond acceptors (Lipinski definition) is 2. The number of ketones is 1. The highest BCUT2D eigenvalue weighted by Crippen LogP contribution is 2.08. The maximum Gasteiger partial charge on any atom is 0.132 e. The van der Waals surface area contributed by atoms with Crippen LogP contribution in [0.5, 0.6) is 0 Å². The molecule has 0 amide bonds. The molecular formula is C12H24O2. The largest absolute Gasteiger partial charge is 0.378 e. The maximum absolute atomic E-state index is 11.0. The van der Waals surface area contributed by atoms with Gasteiger partial charge in [0.1, 0.15) is 5.78 Å². The topological polar surface area (TPSA) is 26.3 Å². The average Bonchev–Trinajstić information content (AvgIpc) is 2.10. The van der Waals surface area contributed by atoms with E-state index >= 15 is 0 Å². The van der Waals surface area contributed by atoms with Crippen LogP contribution in [0.2, 0.25) is 0 Å². The van der Waals surface area contributed by atoms with Gasteiger partial charge in [0.2, 0.25) is 0 Å². The van der Waals surface area contributed by atoms with Crippen molar-refractivity contribution in [1.82, 2.24) is 0 Å². The predicted molar refractivity (Wildman–Crippen MR) is 59.4 cm³/mol. The summed E-state index contributed by atoms with van der Waals surface area (Å²) in [6, 6.07) is 0. The summed E-state index contributed by atoms with van der Waals surface area (Å²) in [5, 5.41) is 0. The second-order valence-corrected chi connectivity index (χ2v) is 4.31. The summed E-state index contributed by atoms with van der Waals surface area (Å²) in [7, 11) is 0. The molecule has 0 aliphatic rings. The predicted octanol–water partition coefficient (Wildman–Crippen LogP) is 3.20. The van der Waals surface area contributed by atoms with Crippen molar-refractivity contribution in [3.8, 4) is 0 Å². The summed E-state index contributed by atoms with van der Waals surface area (Å²) in [5.41, 5.74) is 0. The van der Waals surface area contributed by atoms with Crippen LogP contribution in [0.25, 0.3) is 0 Å². The normalized spacial score (nSPS) is 13.2. The molecule has 84 valence electrons. The van der Waals surface area contributed by atoms with Crippen molar-refractivity contribution in [2.24, 2.45) is 5.92 Å². The number of rotatable bonds is 8. The molecule has 0 aromatic heterocycles. The number of Topliss-reactive ketones (excluding diaryl/α,β-unsaturated/α-hetero) is 1. The van der Waals surface area contributed by atoms with Crippen molar-refractivity contribution in [3.63, 3.8) is 0 Å². The molecule has 0 bridgehead atoms. The average molecular weight is 200 g/mol. The fourth-order valence-electron chi connectivity index (χ4n) is 1.46. The van der Waals surface area contributed by atoms with Gasteiger partial charge >= 0.3 is 0 Å². The second kappa shape index (κ2) is 7.98. The molecule has 0 aliphatic heterocycles. The summed E-state index contributed by atoms with van der Waals surface area (Å²) in [6.07, 6.45) is 3.62. The number of hydrogen-bond donors (Lipinski definition) is 0. The van der Waals surface area contributed by atoms with Gasteiger partial charge in [0.05, 0.1) is 6.10 Å². The summed E-state index contributed by atoms with van der Waals surface area (Å²) in [5.74, 6) is 1.02. The Kier molecular flexibility index (Phi) is 7.77. The monoisotopic (exact) mass is 200 g/mol. The molecule has 1 unspecified atom stereocenters. The second-order valence-electron chi connectivity index (χ2n) is 4.31. The van der Waals surface area contributed by atoms with E-state index < -0.39 is 0 Å². The van der Waals surface area contributed by atoms with E-state index in [1.165, 1.54) is 0 Å². The van der Waals surface area contributed by atoms with Crippen LogP contribution in [-0.2, 0) is 9.53 Å². The Balaban J connectivity index is 3.31. The van der Waals surface area contributed by atoms with E-state index in [0.29, 0.717) is 30.6 Å². The van der Waals surface area contributed by atoms with Crippen LogP contribution in [0.15, 0.2) is 0 Å². The molecule has 0 aromatic carbocycles. The van der Waals surface area contributed by atoms with Gasteiger partial charge in [-0.2, -0.15) is 0 Å². The highest BCUT2D eigenvalue weighted by molar-refractivity contribution is 5.77. The van der Waals surface area contributed by atoms with E-state index in [1.54, 1.807) is 0 Å². The van der Waals surface area contributed by atoms with Crippen molar-refractivity contribution < 1.29 is 9.53 Å². The third kappa shape index (κ3) is 8.24. The third-order valence-electron chi connectivity index (χ3n) is 2.20. The Labute approximate surface area is 88.0 Å². The van der Waals surface area contributed by atoms with Gasteiger partial charge in [-0.25, -0.2) is 0 Å². The molecule has 0 heterocycles. The number of carbonyl (C=O) groups excluding carboxylic acids is 1. The fraction of sp³-hybridized carbons (Fsp3) is 0.917. The molecule has 2 nitrogen and oxygen atoms in total. The SMILES string of the molecule is CCC(=O)CCCOC(C)CC(C)C. The molecule has 0 saturated heterocycles. The number of ether oxygens (including phenoxy) is 1. The van der Waals surface area contributed by atoms with Gasteiger partial charge in [0.25, 0.3) is 0 Å². The molecule has 0 N–H and O–H groups in total. The molecule has 0 saturated carbocycles. The van der Waals surface area contributed by atoms with E-state index in [-0.39, 0.29) is 0 Å². The highest BCUT2D eigenvalue weighted by atomic mass is 16.5. The summed E-state index contributed by atoms with van der Waals surface area (Å²) >= 11 is 0. The Bertz CT molecular complexity index is 152. The van der Waals surface area contributed by atoms with Gasteiger partial charge in [0.15, 0.2) is 0 Å². The fourth-order valence-corrected chi connectivity index (χ4v) is 1.46. The Morgan fingerprint density at radius 2 is 1.93 bits per heavy atom. The van der Waals surface area contributed by atoms with Crippen LogP contribution in [0.3, 0.4) is 0 Å². The summed E-state index contributed by atoms with van der Waals surface area (Å²) in [6.45, 7) is 9.12. The maximum atomic E-state index is 11.0. The molecular weight excluding hydrogens is 176 g/mol. The molecule has 0 fully saturated rings. The zero-order chi connectivity index (χ0) is 11.0. The quantitative estimate of drug-likeness (QED) is 0.562. The van der Waals surface area contributed by atoms with E-state index in [9.17, 15) is 4.79 Å². The van der Waals surface area contributed by atoms with Gasteiger partial charge in [0, 0.05) is 19.4 Å². The standard InChI is InChI=1S/C12H24O2/c1-5-12(13)7-6-8-14-11(4)9-10(2)3/h10-11H,5-9H2,1-4H3. The lowest BCUT2D eigenvalue weighted by molar-refractivity contribution is -0.119. The van der Waals surface area contributed by atoms with Crippen molar-refractivity contribution in [2.45, 2.75) is 59.5 Å². The lowest BCUT2D eigenvalue weighted by Crippen LogP contribution is -2.12. The number of carbonyl (C=O) groups is 1. The van der Waals surface area contributed by atoms with Crippen molar-refractivity contribution in [3.05, 3.63) is 0 Å². The van der Waals surface area contributed by atoms with Crippen molar-refractivity contribution >= 4 is 5.78 Å². The smallest absolute Gasteiger partial charge is 0.132 e. The summed E-state index contributed by atoms with van der Waals surface area (Å²) < 4.78 is 5.60. The zero-order valence-corrected chi connectivity index (χ0v) is 10.0. The van der Waals surface area contributed by atoms with Crippen LogP contribution >= 0.6 is 0 Å². The highest BCUT2D eigenvalue weighted by Gasteiger charge is 2.05.